The average Bonchev–Trinajstić information content (AvgIpc) is 3.50. The van der Waals surface area contributed by atoms with Crippen LogP contribution in [0.5, 0.6) is 0 Å². The molecule has 0 spiro atoms. The lowest BCUT2D eigenvalue weighted by Gasteiger charge is -2.36. The molecule has 0 aromatic carbocycles. The molecule has 0 atom stereocenters. The molecule has 1 N–H and O–H groups in total. The molecule has 0 bridgehead atoms. The van der Waals surface area contributed by atoms with Gasteiger partial charge in [-0.3, -0.25) is 9.20 Å². The summed E-state index contributed by atoms with van der Waals surface area (Å²) in [4.78, 5) is 26.0. The highest BCUT2D eigenvalue weighted by Crippen LogP contribution is 2.27. The van der Waals surface area contributed by atoms with E-state index in [2.05, 4.69) is 32.3 Å². The van der Waals surface area contributed by atoms with Gasteiger partial charge in [0.15, 0.2) is 0 Å². The number of pyridine rings is 1. The number of likely N-dealkylation sites (tertiary alicyclic amines) is 2. The standard InChI is InChI=1S/C22H24N8O/c1-27-13-16(14-27)25-22-24-10-18-17(6-9-30(18)26-22)15-4-5-20-23-11-19(29(20)12-15)21(31)28-7-2-3-8-28/h4-6,9-12,16H,2-3,7-8,13-14H2,1H3,(H,25,26). The van der Waals surface area contributed by atoms with Crippen LogP contribution in [0.1, 0.15) is 23.3 Å². The molecule has 9 heteroatoms. The third kappa shape index (κ3) is 3.12. The van der Waals surface area contributed by atoms with Crippen molar-refractivity contribution < 1.29 is 4.79 Å². The quantitative estimate of drug-likeness (QED) is 0.548. The summed E-state index contributed by atoms with van der Waals surface area (Å²) in [6.07, 6.45) is 9.59. The van der Waals surface area contributed by atoms with E-state index in [4.69, 9.17) is 0 Å². The molecule has 2 aliphatic heterocycles. The molecule has 31 heavy (non-hydrogen) atoms. The van der Waals surface area contributed by atoms with Crippen molar-refractivity contribution in [2.75, 3.05) is 38.5 Å². The van der Waals surface area contributed by atoms with Crippen LogP contribution in [-0.4, -0.2) is 79.0 Å². The number of hydrogen-bond acceptors (Lipinski definition) is 6. The van der Waals surface area contributed by atoms with E-state index in [0.29, 0.717) is 17.7 Å². The van der Waals surface area contributed by atoms with Gasteiger partial charge in [0.2, 0.25) is 5.95 Å². The third-order valence-corrected chi connectivity index (χ3v) is 6.24. The molecule has 0 unspecified atom stereocenters. The number of rotatable bonds is 4. The SMILES string of the molecule is CN1CC(Nc2ncc3c(-c4ccc5ncc(C(=O)N6CCCC6)n5c4)ccn3n2)C1. The van der Waals surface area contributed by atoms with E-state index in [9.17, 15) is 4.79 Å². The fourth-order valence-electron chi connectivity index (χ4n) is 4.56. The van der Waals surface area contributed by atoms with Gasteiger partial charge in [-0.25, -0.2) is 14.5 Å². The molecule has 2 aliphatic rings. The number of carbonyl (C=O) groups excluding carboxylic acids is 1. The summed E-state index contributed by atoms with van der Waals surface area (Å²) in [7, 11) is 2.10. The van der Waals surface area contributed by atoms with E-state index in [1.54, 1.807) is 6.20 Å². The van der Waals surface area contributed by atoms with Crippen LogP contribution in [0.4, 0.5) is 5.95 Å². The molecular formula is C22H24N8O. The molecule has 4 aromatic heterocycles. The van der Waals surface area contributed by atoms with Crippen LogP contribution in [0, 0.1) is 0 Å². The van der Waals surface area contributed by atoms with Gasteiger partial charge in [-0.2, -0.15) is 0 Å². The first-order chi connectivity index (χ1) is 15.2. The average molecular weight is 416 g/mol. The zero-order chi connectivity index (χ0) is 20.9. The lowest BCUT2D eigenvalue weighted by atomic mass is 10.1. The summed E-state index contributed by atoms with van der Waals surface area (Å²) in [6, 6.07) is 6.40. The van der Waals surface area contributed by atoms with Gasteiger partial charge >= 0.3 is 0 Å². The van der Waals surface area contributed by atoms with Gasteiger partial charge in [-0.1, -0.05) is 0 Å². The highest BCUT2D eigenvalue weighted by atomic mass is 16.2. The van der Waals surface area contributed by atoms with Gasteiger partial charge < -0.3 is 15.1 Å². The smallest absolute Gasteiger partial charge is 0.272 e. The van der Waals surface area contributed by atoms with E-state index in [0.717, 1.165) is 61.3 Å². The summed E-state index contributed by atoms with van der Waals surface area (Å²) in [5.41, 5.74) is 4.31. The van der Waals surface area contributed by atoms with Crippen LogP contribution < -0.4 is 5.32 Å². The van der Waals surface area contributed by atoms with Crippen molar-refractivity contribution in [3.63, 3.8) is 0 Å². The van der Waals surface area contributed by atoms with Crippen molar-refractivity contribution in [3.8, 4) is 11.1 Å². The Kier molecular flexibility index (Phi) is 4.17. The maximum Gasteiger partial charge on any atom is 0.272 e. The zero-order valence-corrected chi connectivity index (χ0v) is 17.4. The Morgan fingerprint density at radius 3 is 2.74 bits per heavy atom. The Labute approximate surface area is 179 Å². The van der Waals surface area contributed by atoms with Gasteiger partial charge in [0, 0.05) is 49.7 Å². The van der Waals surface area contributed by atoms with Crippen molar-refractivity contribution in [1.29, 1.82) is 0 Å². The molecule has 0 radical (unpaired) electrons. The van der Waals surface area contributed by atoms with E-state index < -0.39 is 0 Å². The fraction of sp³-hybridized carbons (Fsp3) is 0.364. The second-order valence-corrected chi connectivity index (χ2v) is 8.49. The number of fused-ring (bicyclic) bond motifs is 2. The Morgan fingerprint density at radius 1 is 1.10 bits per heavy atom. The minimum atomic E-state index is 0.0459. The molecule has 6 rings (SSSR count). The normalized spacial score (nSPS) is 17.5. The number of nitrogens with one attached hydrogen (secondary N) is 1. The van der Waals surface area contributed by atoms with Crippen molar-refractivity contribution in [3.05, 3.63) is 48.7 Å². The van der Waals surface area contributed by atoms with Crippen LogP contribution >= 0.6 is 0 Å². The Bertz CT molecular complexity index is 1280. The summed E-state index contributed by atoms with van der Waals surface area (Å²) in [6.45, 7) is 3.64. The molecule has 9 nitrogen and oxygen atoms in total. The van der Waals surface area contributed by atoms with E-state index in [-0.39, 0.29) is 5.91 Å². The molecule has 1 amide bonds. The predicted molar refractivity (Wildman–Crippen MR) is 117 cm³/mol. The summed E-state index contributed by atoms with van der Waals surface area (Å²) < 4.78 is 3.74. The van der Waals surface area contributed by atoms with E-state index in [1.165, 1.54) is 0 Å². The Balaban J connectivity index is 1.33. The minimum Gasteiger partial charge on any atom is -0.348 e. The van der Waals surface area contributed by atoms with E-state index in [1.807, 2.05) is 50.6 Å². The summed E-state index contributed by atoms with van der Waals surface area (Å²) in [5, 5.41) is 7.99. The number of likely N-dealkylation sites (N-methyl/N-ethyl adjacent to an activating group) is 1. The highest BCUT2D eigenvalue weighted by Gasteiger charge is 2.24. The minimum absolute atomic E-state index is 0.0459. The number of carbonyl (C=O) groups is 1. The molecule has 0 aliphatic carbocycles. The number of amides is 1. The van der Waals surface area contributed by atoms with Crippen LogP contribution in [0.25, 0.3) is 22.3 Å². The first kappa shape index (κ1) is 18.3. The highest BCUT2D eigenvalue weighted by molar-refractivity contribution is 5.93. The monoisotopic (exact) mass is 416 g/mol. The van der Waals surface area contributed by atoms with Crippen LogP contribution in [-0.2, 0) is 0 Å². The molecule has 2 saturated heterocycles. The maximum absolute atomic E-state index is 12.9. The number of imidazole rings is 1. The van der Waals surface area contributed by atoms with Crippen molar-refractivity contribution in [1.82, 2.24) is 33.8 Å². The fourth-order valence-corrected chi connectivity index (χ4v) is 4.56. The topological polar surface area (TPSA) is 83.1 Å². The second kappa shape index (κ2) is 7.05. The van der Waals surface area contributed by atoms with Crippen molar-refractivity contribution >= 4 is 23.0 Å². The zero-order valence-electron chi connectivity index (χ0n) is 17.4. The lowest BCUT2D eigenvalue weighted by Crippen LogP contribution is -2.52. The first-order valence-electron chi connectivity index (χ1n) is 10.7. The Morgan fingerprint density at radius 2 is 1.94 bits per heavy atom. The molecular weight excluding hydrogens is 392 g/mol. The third-order valence-electron chi connectivity index (χ3n) is 6.24. The maximum atomic E-state index is 12.9. The van der Waals surface area contributed by atoms with Crippen molar-refractivity contribution in [2.24, 2.45) is 0 Å². The van der Waals surface area contributed by atoms with Gasteiger partial charge in [0.1, 0.15) is 11.3 Å². The summed E-state index contributed by atoms with van der Waals surface area (Å²) >= 11 is 0. The van der Waals surface area contributed by atoms with Gasteiger partial charge in [-0.15, -0.1) is 5.10 Å². The van der Waals surface area contributed by atoms with Crippen LogP contribution in [0.3, 0.4) is 0 Å². The predicted octanol–water partition coefficient (Wildman–Crippen LogP) is 2.01. The second-order valence-electron chi connectivity index (χ2n) is 8.49. The lowest BCUT2D eigenvalue weighted by molar-refractivity contribution is 0.0786. The van der Waals surface area contributed by atoms with Crippen molar-refractivity contribution in [2.45, 2.75) is 18.9 Å². The Hall–Kier alpha value is -3.46. The number of nitrogens with zero attached hydrogens (tertiary/aromatic N) is 7. The van der Waals surface area contributed by atoms with Gasteiger partial charge in [0.25, 0.3) is 5.91 Å². The molecule has 2 fully saturated rings. The molecule has 6 heterocycles. The largest absolute Gasteiger partial charge is 0.348 e. The number of hydrogen-bond donors (Lipinski definition) is 1. The number of aromatic nitrogens is 5. The van der Waals surface area contributed by atoms with Crippen LogP contribution in [0.2, 0.25) is 0 Å². The van der Waals surface area contributed by atoms with Gasteiger partial charge in [0.05, 0.1) is 24.0 Å². The van der Waals surface area contributed by atoms with E-state index >= 15 is 0 Å². The molecule has 0 saturated carbocycles. The number of anilines is 1. The summed E-state index contributed by atoms with van der Waals surface area (Å²) in [5.74, 6) is 0.681. The molecule has 158 valence electrons. The molecule has 4 aromatic rings. The van der Waals surface area contributed by atoms with Gasteiger partial charge in [-0.05, 0) is 38.1 Å². The first-order valence-corrected chi connectivity index (χ1v) is 10.7. The van der Waals surface area contributed by atoms with Crippen LogP contribution in [0.15, 0.2) is 43.0 Å².